The number of pyridine rings is 1. The number of allylic oxidation sites excluding steroid dienone is 2. The van der Waals surface area contributed by atoms with Crippen LogP contribution < -0.4 is 14.2 Å². The Morgan fingerprint density at radius 3 is 2.43 bits per heavy atom. The maximum absolute atomic E-state index is 14.9. The lowest BCUT2D eigenvalue weighted by atomic mass is 9.78. The van der Waals surface area contributed by atoms with Crippen molar-refractivity contribution in [3.8, 4) is 11.6 Å². The Morgan fingerprint density at radius 2 is 1.76 bits per heavy atom. The van der Waals surface area contributed by atoms with Gasteiger partial charge < -0.3 is 14.4 Å². The molecule has 1 aromatic carbocycles. The van der Waals surface area contributed by atoms with Gasteiger partial charge in [0.05, 0.1) is 41.5 Å². The van der Waals surface area contributed by atoms with E-state index in [-0.39, 0.29) is 37.6 Å². The van der Waals surface area contributed by atoms with Crippen molar-refractivity contribution in [3.05, 3.63) is 42.6 Å². The number of carbonyl (C=O) groups excluding carboxylic acids is 4. The minimum Gasteiger partial charge on any atom is -0.491 e. The normalized spacial score (nSPS) is 29.1. The predicted octanol–water partition coefficient (Wildman–Crippen LogP) is 7.51. The van der Waals surface area contributed by atoms with Gasteiger partial charge in [0.25, 0.3) is 0 Å². The van der Waals surface area contributed by atoms with Crippen molar-refractivity contribution in [1.29, 1.82) is 0 Å². The topological polar surface area (TPSA) is 149 Å². The summed E-state index contributed by atoms with van der Waals surface area (Å²) in [5.74, 6) is -3.42. The number of nitrogens with one attached hydrogen (secondary N) is 1. The Hall–Kier alpha value is -4.01. The molecule has 6 rings (SSSR count). The Balaban J connectivity index is 1.35. The zero-order valence-electron chi connectivity index (χ0n) is 34.0. The number of hydrogen-bond acceptors (Lipinski definition) is 9. The molecule has 15 heteroatoms. The van der Waals surface area contributed by atoms with Crippen LogP contribution in [-0.2, 0) is 29.2 Å². The van der Waals surface area contributed by atoms with Crippen molar-refractivity contribution in [3.63, 3.8) is 0 Å². The summed E-state index contributed by atoms with van der Waals surface area (Å²) in [6.07, 6.45) is 2.17. The maximum atomic E-state index is 14.9. The number of sulfonamides is 1. The van der Waals surface area contributed by atoms with Crippen LogP contribution in [0.5, 0.6) is 11.6 Å². The lowest BCUT2D eigenvalue weighted by Crippen LogP contribution is -2.47. The van der Waals surface area contributed by atoms with Crippen LogP contribution in [-0.4, -0.2) is 78.4 Å². The molecule has 0 unspecified atom stereocenters. The summed E-state index contributed by atoms with van der Waals surface area (Å²) in [4.78, 5) is 62.8. The zero-order valence-corrected chi connectivity index (χ0v) is 34.8. The van der Waals surface area contributed by atoms with Crippen LogP contribution in [0.3, 0.4) is 0 Å². The van der Waals surface area contributed by atoms with E-state index in [1.54, 1.807) is 6.20 Å². The first-order valence-corrected chi connectivity index (χ1v) is 22.1. The van der Waals surface area contributed by atoms with Crippen LogP contribution in [0.1, 0.15) is 105 Å². The van der Waals surface area contributed by atoms with Crippen molar-refractivity contribution < 1.29 is 50.2 Å². The van der Waals surface area contributed by atoms with Crippen LogP contribution in [0.25, 0.3) is 10.8 Å². The fourth-order valence-electron chi connectivity index (χ4n) is 8.62. The molecule has 2 amide bonds. The van der Waals surface area contributed by atoms with Gasteiger partial charge in [0.1, 0.15) is 17.6 Å². The Bertz CT molecular complexity index is 2030. The summed E-state index contributed by atoms with van der Waals surface area (Å²) >= 11 is 0. The van der Waals surface area contributed by atoms with E-state index in [4.69, 9.17) is 9.47 Å². The molecule has 58 heavy (non-hydrogen) atoms. The lowest BCUT2D eigenvalue weighted by Gasteiger charge is -2.33. The number of halogens is 3. The van der Waals surface area contributed by atoms with Crippen LogP contribution >= 0.6 is 0 Å². The number of amides is 2. The molecule has 1 saturated heterocycles. The molecule has 3 heterocycles. The number of Topliss-reactive ketones (excluding diaryl/α,β-unsaturated/α-hetero) is 2. The Labute approximate surface area is 338 Å². The van der Waals surface area contributed by atoms with Gasteiger partial charge in [-0.3, -0.25) is 23.9 Å². The third-order valence-corrected chi connectivity index (χ3v) is 14.3. The molecule has 318 valence electrons. The third-order valence-electron chi connectivity index (χ3n) is 12.5. The first-order chi connectivity index (χ1) is 27.3. The average molecular weight is 832 g/mol. The van der Waals surface area contributed by atoms with E-state index < -0.39 is 98.4 Å². The highest BCUT2D eigenvalue weighted by Gasteiger charge is 2.62. The van der Waals surface area contributed by atoms with Gasteiger partial charge in [-0.15, -0.1) is 0 Å². The number of alkyl halides is 3. The Kier molecular flexibility index (Phi) is 12.7. The van der Waals surface area contributed by atoms with Gasteiger partial charge in [0.2, 0.25) is 27.7 Å². The number of ketones is 2. The average Bonchev–Trinajstić information content (AvgIpc) is 4.08. The molecule has 11 nitrogen and oxygen atoms in total. The summed E-state index contributed by atoms with van der Waals surface area (Å²) in [6, 6.07) is 6.26. The first-order valence-electron chi connectivity index (χ1n) is 20.6. The second-order valence-electron chi connectivity index (χ2n) is 17.8. The van der Waals surface area contributed by atoms with E-state index in [0.717, 1.165) is 25.7 Å². The fourth-order valence-corrected chi connectivity index (χ4v) is 10.0. The number of aromatic nitrogens is 1. The molecule has 1 N–H and O–H groups in total. The Morgan fingerprint density at radius 1 is 1.05 bits per heavy atom. The summed E-state index contributed by atoms with van der Waals surface area (Å²) in [5, 5.41) is 0.754. The van der Waals surface area contributed by atoms with Crippen molar-refractivity contribution in [1.82, 2.24) is 14.6 Å². The molecule has 2 aliphatic carbocycles. The molecular formula is C43H56F3N3O8S. The predicted molar refractivity (Wildman–Crippen MR) is 211 cm³/mol. The van der Waals surface area contributed by atoms with Crippen LogP contribution in [0, 0.1) is 34.5 Å². The summed E-state index contributed by atoms with van der Waals surface area (Å²) in [7, 11) is -3.92. The molecule has 0 spiro atoms. The zero-order chi connectivity index (χ0) is 42.2. The SMILES string of the molecule is CCCOc1cnc(O[C@@H]2C[C@H]3C(=O)C[C@]4(C(=O)NS(=O)(=O)C5CC5)C[C@H]4/C=C\CC[C@@H](C)C[C@@H](C)[C@H](CC(=O)CC(C)(C)C(F)(F)F)C(=O)N3C2)c2ccccc12. The summed E-state index contributed by atoms with van der Waals surface area (Å²) < 4.78 is 82.2. The number of ether oxygens (including phenoxy) is 2. The molecule has 0 bridgehead atoms. The van der Waals surface area contributed by atoms with Crippen molar-refractivity contribution in [2.24, 2.45) is 34.5 Å². The first kappa shape index (κ1) is 43.6. The second kappa shape index (κ2) is 16.9. The molecular weight excluding hydrogens is 776 g/mol. The largest absolute Gasteiger partial charge is 0.491 e. The molecule has 4 aliphatic rings. The van der Waals surface area contributed by atoms with E-state index in [9.17, 15) is 40.8 Å². The van der Waals surface area contributed by atoms with Crippen LogP contribution in [0.4, 0.5) is 13.2 Å². The number of rotatable bonds is 12. The van der Waals surface area contributed by atoms with Gasteiger partial charge in [-0.2, -0.15) is 13.2 Å². The van der Waals surface area contributed by atoms with E-state index in [1.165, 1.54) is 4.90 Å². The number of benzene rings is 1. The highest BCUT2D eigenvalue weighted by molar-refractivity contribution is 7.90. The minimum absolute atomic E-state index is 0.0137. The number of nitrogens with zero attached hydrogens (tertiary/aromatic N) is 2. The monoisotopic (exact) mass is 831 g/mol. The third kappa shape index (κ3) is 9.55. The van der Waals surface area contributed by atoms with E-state index in [1.807, 2.05) is 57.2 Å². The summed E-state index contributed by atoms with van der Waals surface area (Å²) in [6.45, 7) is 8.15. The van der Waals surface area contributed by atoms with E-state index >= 15 is 0 Å². The summed E-state index contributed by atoms with van der Waals surface area (Å²) in [5.41, 5.74) is -3.65. The van der Waals surface area contributed by atoms with Gasteiger partial charge in [0, 0.05) is 42.4 Å². The fraction of sp³-hybridized carbons (Fsp3) is 0.651. The minimum atomic E-state index is -4.64. The lowest BCUT2D eigenvalue weighted by molar-refractivity contribution is -0.213. The van der Waals surface area contributed by atoms with Crippen molar-refractivity contribution >= 4 is 44.2 Å². The molecule has 1 aromatic heterocycles. The van der Waals surface area contributed by atoms with Gasteiger partial charge in [-0.1, -0.05) is 65.0 Å². The molecule has 2 saturated carbocycles. The van der Waals surface area contributed by atoms with Gasteiger partial charge in [0.15, 0.2) is 5.78 Å². The van der Waals surface area contributed by atoms with Crippen LogP contribution in [0.2, 0.25) is 0 Å². The smallest absolute Gasteiger partial charge is 0.394 e. The van der Waals surface area contributed by atoms with Gasteiger partial charge >= 0.3 is 6.18 Å². The van der Waals surface area contributed by atoms with E-state index in [0.29, 0.717) is 49.8 Å². The molecule has 0 radical (unpaired) electrons. The van der Waals surface area contributed by atoms with E-state index in [2.05, 4.69) is 9.71 Å². The number of carbonyl (C=O) groups is 4. The quantitative estimate of drug-likeness (QED) is 0.215. The molecule has 7 atom stereocenters. The molecule has 2 aliphatic heterocycles. The highest BCUT2D eigenvalue weighted by atomic mass is 32.2. The van der Waals surface area contributed by atoms with Crippen LogP contribution in [0.15, 0.2) is 42.6 Å². The van der Waals surface area contributed by atoms with Crippen molar-refractivity contribution in [2.45, 2.75) is 129 Å². The van der Waals surface area contributed by atoms with Crippen molar-refractivity contribution in [2.75, 3.05) is 13.2 Å². The number of hydrogen-bond donors (Lipinski definition) is 1. The second-order valence-corrected chi connectivity index (χ2v) is 19.8. The maximum Gasteiger partial charge on any atom is 0.394 e. The highest BCUT2D eigenvalue weighted by Crippen LogP contribution is 2.57. The van der Waals surface area contributed by atoms with Gasteiger partial charge in [-0.25, -0.2) is 13.4 Å². The molecule has 2 aromatic rings. The van der Waals surface area contributed by atoms with Gasteiger partial charge in [-0.05, 0) is 68.8 Å². The molecule has 3 fully saturated rings. The standard InChI is InChI=1S/C43H56F3N3O8S/c1-6-17-56-37-24-47-38(33-14-10-9-13-32(33)37)57-30-20-35-36(51)23-42(40(53)48-58(54,55)31-15-16-31)21-28(42)12-8-7-11-26(2)18-27(3)34(39(52)49(35)25-30)19-29(50)22-41(4,5)43(44,45)46/h8-10,12-14,24,26-28,30-31,34-35H,6-7,11,15-23,25H2,1-5H3,(H,48,53)/b12-8-/t26-,27-,28-,30-,34+,35+,42-/m1/s1. The number of fused-ring (bicyclic) bond motifs is 3.